The molecule has 0 saturated carbocycles. The average Bonchev–Trinajstić information content (AvgIpc) is 2.70. The first-order chi connectivity index (χ1) is 14.5. The molecule has 31 heavy (non-hydrogen) atoms. The van der Waals surface area contributed by atoms with Crippen LogP contribution in [-0.4, -0.2) is 10.7 Å². The van der Waals surface area contributed by atoms with Crippen molar-refractivity contribution in [3.63, 3.8) is 0 Å². The molecule has 2 nitrogen and oxygen atoms in total. The Morgan fingerprint density at radius 3 is 1.94 bits per heavy atom. The number of ether oxygens (including phenoxy) is 1. The number of phenols is 1. The largest absolute Gasteiger partial charge is 0.507 e. The molecule has 3 atom stereocenters. The molecule has 0 amide bonds. The molecule has 1 aromatic rings. The second kappa shape index (κ2) is 11.4. The molecule has 2 heteroatoms. The third kappa shape index (κ3) is 7.29. The maximum atomic E-state index is 10.4. The Morgan fingerprint density at radius 2 is 1.35 bits per heavy atom. The Bertz CT molecular complexity index is 746. The van der Waals surface area contributed by atoms with Gasteiger partial charge in [0.2, 0.25) is 0 Å². The molecule has 0 unspecified atom stereocenters. The van der Waals surface area contributed by atoms with Crippen molar-refractivity contribution in [2.45, 2.75) is 119 Å². The van der Waals surface area contributed by atoms with Gasteiger partial charge in [0.15, 0.2) is 0 Å². The molecular formula is C29H48O2. The van der Waals surface area contributed by atoms with Crippen LogP contribution in [0, 0.1) is 38.5 Å². The molecule has 0 fully saturated rings. The summed E-state index contributed by atoms with van der Waals surface area (Å²) in [4.78, 5) is 0. The fourth-order valence-electron chi connectivity index (χ4n) is 4.90. The highest BCUT2D eigenvalue weighted by Crippen LogP contribution is 2.43. The number of rotatable bonds is 12. The van der Waals surface area contributed by atoms with Crippen molar-refractivity contribution in [1.82, 2.24) is 0 Å². The van der Waals surface area contributed by atoms with Crippen LogP contribution in [-0.2, 0) is 0 Å². The Hall–Kier alpha value is -1.44. The van der Waals surface area contributed by atoms with Gasteiger partial charge in [-0.2, -0.15) is 0 Å². The zero-order chi connectivity index (χ0) is 23.2. The van der Waals surface area contributed by atoms with Crippen LogP contribution in [0.4, 0.5) is 0 Å². The topological polar surface area (TPSA) is 29.5 Å². The highest BCUT2D eigenvalue weighted by atomic mass is 16.5. The van der Waals surface area contributed by atoms with E-state index in [1.807, 2.05) is 13.8 Å². The van der Waals surface area contributed by atoms with Crippen LogP contribution in [0.15, 0.2) is 6.08 Å². The summed E-state index contributed by atoms with van der Waals surface area (Å²) in [6.07, 6.45) is 16.1. The third-order valence-corrected chi connectivity index (χ3v) is 7.44. The van der Waals surface area contributed by atoms with Crippen molar-refractivity contribution in [2.75, 3.05) is 0 Å². The van der Waals surface area contributed by atoms with E-state index in [0.717, 1.165) is 52.2 Å². The standard InChI is InChI=1S/C29H48O2/c1-20(2)12-9-13-21(3)14-10-15-22(4)16-11-18-29(8)19-17-26-25(7)27(30)23(5)24(6)28(26)31-29/h17,19-22,30H,9-16,18H2,1-8H3/t21-,22-,29+/m0/s1. The van der Waals surface area contributed by atoms with Gasteiger partial charge in [-0.25, -0.2) is 0 Å². The minimum absolute atomic E-state index is 0.252. The summed E-state index contributed by atoms with van der Waals surface area (Å²) in [5.41, 5.74) is 3.70. The van der Waals surface area contributed by atoms with Gasteiger partial charge in [0.25, 0.3) is 0 Å². The molecule has 176 valence electrons. The summed E-state index contributed by atoms with van der Waals surface area (Å²) in [6, 6.07) is 0. The molecule has 1 N–H and O–H groups in total. The van der Waals surface area contributed by atoms with Crippen molar-refractivity contribution in [3.8, 4) is 11.5 Å². The van der Waals surface area contributed by atoms with Crippen LogP contribution in [0.1, 0.15) is 115 Å². The lowest BCUT2D eigenvalue weighted by molar-refractivity contribution is 0.121. The van der Waals surface area contributed by atoms with Gasteiger partial charge < -0.3 is 9.84 Å². The minimum atomic E-state index is -0.252. The smallest absolute Gasteiger partial charge is 0.131 e. The number of fused-ring (bicyclic) bond motifs is 1. The molecule has 1 heterocycles. The Labute approximate surface area is 192 Å². The molecular weight excluding hydrogens is 380 g/mol. The van der Waals surface area contributed by atoms with Gasteiger partial charge in [-0.05, 0) is 75.5 Å². The molecule has 1 aliphatic rings. The maximum absolute atomic E-state index is 10.4. The van der Waals surface area contributed by atoms with Crippen molar-refractivity contribution >= 4 is 6.08 Å². The zero-order valence-electron chi connectivity index (χ0n) is 21.6. The van der Waals surface area contributed by atoms with Crippen LogP contribution in [0.2, 0.25) is 0 Å². The predicted molar refractivity (Wildman–Crippen MR) is 135 cm³/mol. The lowest BCUT2D eigenvalue weighted by atomic mass is 9.88. The van der Waals surface area contributed by atoms with E-state index in [4.69, 9.17) is 4.74 Å². The van der Waals surface area contributed by atoms with Crippen LogP contribution in [0.5, 0.6) is 11.5 Å². The fraction of sp³-hybridized carbons (Fsp3) is 0.724. The molecule has 1 aliphatic heterocycles. The summed E-state index contributed by atoms with van der Waals surface area (Å²) in [7, 11) is 0. The monoisotopic (exact) mass is 428 g/mol. The Balaban J connectivity index is 1.76. The van der Waals surface area contributed by atoms with Crippen molar-refractivity contribution < 1.29 is 9.84 Å². The van der Waals surface area contributed by atoms with Crippen molar-refractivity contribution in [3.05, 3.63) is 28.3 Å². The maximum Gasteiger partial charge on any atom is 0.131 e. The highest BCUT2D eigenvalue weighted by molar-refractivity contribution is 5.71. The molecule has 0 spiro atoms. The second-order valence-corrected chi connectivity index (χ2v) is 11.1. The van der Waals surface area contributed by atoms with E-state index >= 15 is 0 Å². The number of benzene rings is 1. The molecule has 0 saturated heterocycles. The van der Waals surface area contributed by atoms with E-state index in [1.54, 1.807) is 0 Å². The van der Waals surface area contributed by atoms with Gasteiger partial charge in [-0.15, -0.1) is 0 Å². The van der Waals surface area contributed by atoms with Crippen molar-refractivity contribution in [1.29, 1.82) is 0 Å². The van der Waals surface area contributed by atoms with Crippen LogP contribution in [0.25, 0.3) is 6.08 Å². The summed E-state index contributed by atoms with van der Waals surface area (Å²) in [5.74, 6) is 3.86. The lowest BCUT2D eigenvalue weighted by Gasteiger charge is -2.34. The van der Waals surface area contributed by atoms with Crippen LogP contribution >= 0.6 is 0 Å². The second-order valence-electron chi connectivity index (χ2n) is 11.1. The number of phenolic OH excluding ortho intramolecular Hbond substituents is 1. The Morgan fingerprint density at radius 1 is 0.806 bits per heavy atom. The SMILES string of the molecule is Cc1c(C)c2c(c(C)c1O)C=C[C@@](C)(CCC[C@@H](C)CCC[C@@H](C)CCCC(C)C)O2. The van der Waals surface area contributed by atoms with Crippen molar-refractivity contribution in [2.24, 2.45) is 17.8 Å². The lowest BCUT2D eigenvalue weighted by Crippen LogP contribution is -2.32. The molecule has 0 radical (unpaired) electrons. The first-order valence-electron chi connectivity index (χ1n) is 12.7. The first kappa shape index (κ1) is 25.8. The van der Waals surface area contributed by atoms with Gasteiger partial charge in [0, 0.05) is 11.1 Å². The predicted octanol–water partition coefficient (Wildman–Crippen LogP) is 8.92. The van der Waals surface area contributed by atoms with Crippen LogP contribution < -0.4 is 4.74 Å². The molecule has 1 aromatic carbocycles. The van der Waals surface area contributed by atoms with Gasteiger partial charge in [-0.3, -0.25) is 0 Å². The quantitative estimate of drug-likeness (QED) is 0.360. The minimum Gasteiger partial charge on any atom is -0.507 e. The van der Waals surface area contributed by atoms with E-state index in [2.05, 4.69) is 53.7 Å². The van der Waals surface area contributed by atoms with Gasteiger partial charge in [-0.1, -0.05) is 78.7 Å². The van der Waals surface area contributed by atoms with E-state index < -0.39 is 0 Å². The van der Waals surface area contributed by atoms with Crippen LogP contribution in [0.3, 0.4) is 0 Å². The number of aromatic hydroxyl groups is 1. The van der Waals surface area contributed by atoms with Gasteiger partial charge >= 0.3 is 0 Å². The number of hydrogen-bond donors (Lipinski definition) is 1. The molecule has 2 rings (SSSR count). The molecule has 0 bridgehead atoms. The molecule has 0 aromatic heterocycles. The summed E-state index contributed by atoms with van der Waals surface area (Å²) in [6.45, 7) is 17.7. The highest BCUT2D eigenvalue weighted by Gasteiger charge is 2.30. The zero-order valence-corrected chi connectivity index (χ0v) is 21.6. The first-order valence-corrected chi connectivity index (χ1v) is 12.7. The van der Waals surface area contributed by atoms with E-state index in [-0.39, 0.29) is 5.60 Å². The average molecular weight is 429 g/mol. The summed E-state index contributed by atoms with van der Waals surface area (Å²) >= 11 is 0. The Kier molecular flexibility index (Phi) is 9.52. The molecule has 0 aliphatic carbocycles. The van der Waals surface area contributed by atoms with E-state index in [9.17, 15) is 5.11 Å². The van der Waals surface area contributed by atoms with E-state index in [1.165, 1.54) is 51.4 Å². The normalized spacial score (nSPS) is 19.9. The number of hydrogen-bond acceptors (Lipinski definition) is 2. The summed E-state index contributed by atoms with van der Waals surface area (Å²) < 4.78 is 6.52. The third-order valence-electron chi connectivity index (χ3n) is 7.44. The van der Waals surface area contributed by atoms with Gasteiger partial charge in [0.1, 0.15) is 17.1 Å². The summed E-state index contributed by atoms with van der Waals surface area (Å²) in [5, 5.41) is 10.4. The van der Waals surface area contributed by atoms with E-state index in [0.29, 0.717) is 5.75 Å². The fourth-order valence-corrected chi connectivity index (χ4v) is 4.90. The van der Waals surface area contributed by atoms with Gasteiger partial charge in [0.05, 0.1) is 0 Å².